The lowest BCUT2D eigenvalue weighted by Gasteiger charge is -2.33. The van der Waals surface area contributed by atoms with Crippen molar-refractivity contribution in [2.45, 2.75) is 76.1 Å². The average Bonchev–Trinajstić information content (AvgIpc) is 3.56. The van der Waals surface area contributed by atoms with Crippen molar-refractivity contribution >= 4 is 23.9 Å². The molecule has 1 saturated carbocycles. The second-order valence-corrected chi connectivity index (χ2v) is 9.89. The van der Waals surface area contributed by atoms with Crippen molar-refractivity contribution in [3.63, 3.8) is 0 Å². The Labute approximate surface area is 211 Å². The highest BCUT2D eigenvalue weighted by molar-refractivity contribution is 5.85. The Balaban J connectivity index is 1.18. The van der Waals surface area contributed by atoms with E-state index < -0.39 is 24.1 Å². The summed E-state index contributed by atoms with van der Waals surface area (Å²) in [5, 5.41) is 3.03. The maximum atomic E-state index is 12.6. The van der Waals surface area contributed by atoms with Gasteiger partial charge in [0.15, 0.2) is 6.73 Å². The van der Waals surface area contributed by atoms with Crippen LogP contribution in [0.1, 0.15) is 56.9 Å². The van der Waals surface area contributed by atoms with Crippen LogP contribution in [-0.4, -0.2) is 71.6 Å². The van der Waals surface area contributed by atoms with Crippen LogP contribution in [0, 0.1) is 5.92 Å². The van der Waals surface area contributed by atoms with E-state index in [4.69, 9.17) is 15.2 Å². The normalized spacial score (nSPS) is 24.8. The molecule has 2 saturated heterocycles. The molecule has 1 aromatic rings. The number of benzene rings is 1. The van der Waals surface area contributed by atoms with Crippen molar-refractivity contribution in [1.82, 2.24) is 15.1 Å². The largest absolute Gasteiger partial charge is 0.444 e. The summed E-state index contributed by atoms with van der Waals surface area (Å²) in [6.45, 7) is 1.51. The van der Waals surface area contributed by atoms with E-state index in [1.807, 2.05) is 35.2 Å². The van der Waals surface area contributed by atoms with Crippen LogP contribution in [0.4, 0.5) is 4.79 Å². The lowest BCUT2D eigenvalue weighted by molar-refractivity contribution is -0.139. The van der Waals surface area contributed by atoms with Crippen LogP contribution in [0.15, 0.2) is 30.3 Å². The highest BCUT2D eigenvalue weighted by atomic mass is 16.6. The number of esters is 1. The molecule has 4 rings (SSSR count). The smallest absolute Gasteiger partial charge is 0.413 e. The lowest BCUT2D eigenvalue weighted by atomic mass is 9.81. The molecule has 0 unspecified atom stereocenters. The number of hydrogen-bond donors (Lipinski definition) is 2. The summed E-state index contributed by atoms with van der Waals surface area (Å²) in [5.41, 5.74) is 7.11. The number of carbonyl (C=O) groups is 4. The molecule has 10 nitrogen and oxygen atoms in total. The minimum atomic E-state index is -0.843. The summed E-state index contributed by atoms with van der Waals surface area (Å²) < 4.78 is 10.3. The van der Waals surface area contributed by atoms with E-state index >= 15 is 0 Å². The molecular formula is C26H36N4O6. The quantitative estimate of drug-likeness (QED) is 0.521. The van der Waals surface area contributed by atoms with Crippen LogP contribution >= 0.6 is 0 Å². The van der Waals surface area contributed by atoms with Crippen molar-refractivity contribution in [2.24, 2.45) is 11.7 Å². The van der Waals surface area contributed by atoms with Crippen molar-refractivity contribution in [2.75, 3.05) is 19.8 Å². The zero-order valence-corrected chi connectivity index (χ0v) is 20.6. The first kappa shape index (κ1) is 25.9. The van der Waals surface area contributed by atoms with Gasteiger partial charge >= 0.3 is 12.1 Å². The van der Waals surface area contributed by atoms with Crippen LogP contribution in [0.3, 0.4) is 0 Å². The highest BCUT2D eigenvalue weighted by Crippen LogP contribution is 2.28. The third-order valence-corrected chi connectivity index (χ3v) is 7.43. The van der Waals surface area contributed by atoms with Gasteiger partial charge in [0.1, 0.15) is 12.6 Å². The summed E-state index contributed by atoms with van der Waals surface area (Å²) in [4.78, 5) is 52.9. The van der Waals surface area contributed by atoms with Gasteiger partial charge < -0.3 is 25.4 Å². The zero-order valence-electron chi connectivity index (χ0n) is 20.6. The molecule has 36 heavy (non-hydrogen) atoms. The topological polar surface area (TPSA) is 131 Å². The minimum absolute atomic E-state index is 0.0188. The third-order valence-electron chi connectivity index (χ3n) is 7.43. The molecular weight excluding hydrogens is 464 g/mol. The molecule has 2 heterocycles. The number of nitrogens with zero attached hydrogens (tertiary/aromatic N) is 2. The van der Waals surface area contributed by atoms with Gasteiger partial charge in [0.05, 0.1) is 6.04 Å². The number of nitrogens with one attached hydrogen (secondary N) is 1. The van der Waals surface area contributed by atoms with E-state index in [1.54, 1.807) is 0 Å². The number of hydrogen-bond acceptors (Lipinski definition) is 7. The minimum Gasteiger partial charge on any atom is -0.444 e. The number of likely N-dealkylation sites (tertiary alicyclic amines) is 1. The molecule has 3 amide bonds. The fraction of sp³-hybridized carbons (Fsp3) is 0.615. The average molecular weight is 501 g/mol. The van der Waals surface area contributed by atoms with Crippen LogP contribution < -0.4 is 11.1 Å². The number of cyclic esters (lactones) is 1. The van der Waals surface area contributed by atoms with Crippen LogP contribution in [0.5, 0.6) is 0 Å². The Morgan fingerprint density at radius 1 is 1.08 bits per heavy atom. The summed E-state index contributed by atoms with van der Waals surface area (Å²) in [5.74, 6) is -0.518. The van der Waals surface area contributed by atoms with Crippen LogP contribution in [0.2, 0.25) is 0 Å². The molecule has 0 radical (unpaired) electrons. The van der Waals surface area contributed by atoms with E-state index in [0.717, 1.165) is 57.2 Å². The maximum Gasteiger partial charge on any atom is 0.413 e. The van der Waals surface area contributed by atoms with Gasteiger partial charge in [0.25, 0.3) is 0 Å². The SMILES string of the molecule is N[C@H](C(=O)N1CCCC1)C1CCC(NC(=O)CC[C@H]2C(=O)OCN2C(=O)OCc2ccccc2)CC1. The lowest BCUT2D eigenvalue weighted by Crippen LogP contribution is -2.49. The Morgan fingerprint density at radius 2 is 1.78 bits per heavy atom. The molecule has 10 heteroatoms. The van der Waals surface area contributed by atoms with Crippen molar-refractivity contribution in [1.29, 1.82) is 0 Å². The molecule has 1 aromatic carbocycles. The first-order valence-electron chi connectivity index (χ1n) is 12.9. The van der Waals surface area contributed by atoms with Crippen molar-refractivity contribution in [3.05, 3.63) is 35.9 Å². The molecule has 2 atom stereocenters. The summed E-state index contributed by atoms with van der Waals surface area (Å²) in [6.07, 6.45) is 4.81. The van der Waals surface area contributed by atoms with E-state index in [2.05, 4.69) is 5.32 Å². The van der Waals surface area contributed by atoms with Gasteiger partial charge in [-0.15, -0.1) is 0 Å². The molecule has 0 spiro atoms. The van der Waals surface area contributed by atoms with Gasteiger partial charge in [0.2, 0.25) is 11.8 Å². The van der Waals surface area contributed by atoms with Gasteiger partial charge in [0, 0.05) is 25.6 Å². The van der Waals surface area contributed by atoms with E-state index in [9.17, 15) is 19.2 Å². The monoisotopic (exact) mass is 500 g/mol. The Morgan fingerprint density at radius 3 is 2.47 bits per heavy atom. The van der Waals surface area contributed by atoms with Crippen LogP contribution in [-0.2, 0) is 30.5 Å². The first-order chi connectivity index (χ1) is 17.4. The van der Waals surface area contributed by atoms with E-state index in [1.165, 1.54) is 4.90 Å². The van der Waals surface area contributed by atoms with Crippen molar-refractivity contribution in [3.8, 4) is 0 Å². The van der Waals surface area contributed by atoms with E-state index in [0.29, 0.717) is 0 Å². The first-order valence-corrected chi connectivity index (χ1v) is 12.9. The predicted molar refractivity (Wildman–Crippen MR) is 130 cm³/mol. The molecule has 3 N–H and O–H groups in total. The number of nitrogens with two attached hydrogens (primary N) is 1. The number of amides is 3. The molecule has 196 valence electrons. The summed E-state index contributed by atoms with van der Waals surface area (Å²) in [7, 11) is 0. The fourth-order valence-corrected chi connectivity index (χ4v) is 5.24. The van der Waals surface area contributed by atoms with E-state index in [-0.39, 0.29) is 50.0 Å². The van der Waals surface area contributed by atoms with Gasteiger partial charge in [-0.3, -0.25) is 14.5 Å². The highest BCUT2D eigenvalue weighted by Gasteiger charge is 2.39. The standard InChI is InChI=1S/C26H36N4O6/c27-23(24(32)29-14-4-5-15-29)19-8-10-20(11-9-19)28-22(31)13-12-21-25(33)36-17-30(21)26(34)35-16-18-6-2-1-3-7-18/h1-3,6-7,19-21,23H,4-5,8-17,27H2,(H,28,31)/t19?,20?,21-,23-/m0/s1. The van der Waals surface area contributed by atoms with Gasteiger partial charge in [-0.1, -0.05) is 30.3 Å². The second-order valence-electron chi connectivity index (χ2n) is 9.89. The predicted octanol–water partition coefficient (Wildman–Crippen LogP) is 1.91. The zero-order chi connectivity index (χ0) is 25.5. The number of rotatable bonds is 8. The third kappa shape index (κ3) is 6.54. The van der Waals surface area contributed by atoms with Gasteiger partial charge in [-0.2, -0.15) is 0 Å². The molecule has 0 bridgehead atoms. The number of ether oxygens (including phenoxy) is 2. The summed E-state index contributed by atoms with van der Waals surface area (Å²) in [6, 6.07) is 7.96. The molecule has 2 aliphatic heterocycles. The summed E-state index contributed by atoms with van der Waals surface area (Å²) >= 11 is 0. The van der Waals surface area contributed by atoms with Gasteiger partial charge in [-0.05, 0) is 56.4 Å². The number of carbonyl (C=O) groups excluding carboxylic acids is 4. The molecule has 1 aliphatic carbocycles. The Kier molecular flexibility index (Phi) is 8.79. The second kappa shape index (κ2) is 12.2. The molecule has 3 fully saturated rings. The maximum absolute atomic E-state index is 12.6. The molecule has 3 aliphatic rings. The Bertz CT molecular complexity index is 928. The Hall–Kier alpha value is -3.14. The van der Waals surface area contributed by atoms with Crippen LogP contribution in [0.25, 0.3) is 0 Å². The van der Waals surface area contributed by atoms with Gasteiger partial charge in [-0.25, -0.2) is 9.59 Å². The van der Waals surface area contributed by atoms with Crippen molar-refractivity contribution < 1.29 is 28.7 Å². The molecule has 0 aromatic heterocycles. The fourth-order valence-electron chi connectivity index (χ4n) is 5.24.